The number of esters is 1. The number of aromatic nitrogens is 2. The average Bonchev–Trinajstić information content (AvgIpc) is 3.12. The second kappa shape index (κ2) is 8.76. The van der Waals surface area contributed by atoms with E-state index in [2.05, 4.69) is 15.2 Å². The Morgan fingerprint density at radius 3 is 2.45 bits per heavy atom. The van der Waals surface area contributed by atoms with Crippen LogP contribution in [0.3, 0.4) is 0 Å². The van der Waals surface area contributed by atoms with Gasteiger partial charge in [0.25, 0.3) is 5.56 Å². The van der Waals surface area contributed by atoms with Crippen LogP contribution in [0.5, 0.6) is 5.75 Å². The first kappa shape index (κ1) is 22.3. The molecule has 3 rings (SSSR count). The number of amides is 1. The van der Waals surface area contributed by atoms with Gasteiger partial charge in [0.1, 0.15) is 10.8 Å². The molecule has 8 nitrogen and oxygen atoms in total. The minimum atomic E-state index is -4.87. The van der Waals surface area contributed by atoms with Crippen molar-refractivity contribution in [2.24, 2.45) is 0 Å². The highest BCUT2D eigenvalue weighted by molar-refractivity contribution is 7.16. The van der Waals surface area contributed by atoms with Gasteiger partial charge < -0.3 is 14.8 Å². The Hall–Kier alpha value is -3.41. The maximum Gasteiger partial charge on any atom is 0.573 e. The summed E-state index contributed by atoms with van der Waals surface area (Å²) in [4.78, 5) is 37.4. The quantitative estimate of drug-likeness (QED) is 0.567. The molecule has 0 aliphatic heterocycles. The zero-order valence-corrected chi connectivity index (χ0v) is 17.1. The maximum atomic E-state index is 13.1. The minimum absolute atomic E-state index is 0.0421. The lowest BCUT2D eigenvalue weighted by atomic mass is 10.2. The lowest BCUT2D eigenvalue weighted by Crippen LogP contribution is -2.25. The molecular formula is C19H16F3N3O5S. The van der Waals surface area contributed by atoms with Crippen molar-refractivity contribution in [3.8, 4) is 11.4 Å². The van der Waals surface area contributed by atoms with Crippen molar-refractivity contribution in [2.45, 2.75) is 26.6 Å². The molecule has 0 unspecified atom stereocenters. The molecule has 1 N–H and O–H groups in total. The van der Waals surface area contributed by atoms with Crippen molar-refractivity contribution in [1.29, 1.82) is 0 Å². The summed E-state index contributed by atoms with van der Waals surface area (Å²) in [7, 11) is 0. The van der Waals surface area contributed by atoms with Crippen molar-refractivity contribution in [3.05, 3.63) is 45.7 Å². The molecule has 0 fully saturated rings. The van der Waals surface area contributed by atoms with E-state index >= 15 is 0 Å². The largest absolute Gasteiger partial charge is 0.573 e. The van der Waals surface area contributed by atoms with Gasteiger partial charge in [-0.1, -0.05) is 6.92 Å². The number of rotatable bonds is 6. The number of carbonyl (C=O) groups is 2. The van der Waals surface area contributed by atoms with Crippen LogP contribution in [0.1, 0.15) is 30.8 Å². The third-order valence-electron chi connectivity index (χ3n) is 4.01. The summed E-state index contributed by atoms with van der Waals surface area (Å²) in [6.45, 7) is 3.30. The fraction of sp³-hybridized carbons (Fsp3) is 0.263. The van der Waals surface area contributed by atoms with Crippen LogP contribution < -0.4 is 15.6 Å². The lowest BCUT2D eigenvalue weighted by molar-refractivity contribution is -0.274. The molecule has 12 heteroatoms. The molecule has 31 heavy (non-hydrogen) atoms. The summed E-state index contributed by atoms with van der Waals surface area (Å²) in [5.74, 6) is -1.61. The SMILES string of the molecule is CCOC(=O)c1nn(-c2ccc(OC(F)(F)F)cc2)c(=O)c2c(NC(=O)CC)scc12. The van der Waals surface area contributed by atoms with Gasteiger partial charge in [-0.15, -0.1) is 24.5 Å². The number of fused-ring (bicyclic) bond motifs is 1. The normalized spacial score (nSPS) is 11.4. The minimum Gasteiger partial charge on any atom is -0.461 e. The van der Waals surface area contributed by atoms with Crippen molar-refractivity contribution in [1.82, 2.24) is 9.78 Å². The van der Waals surface area contributed by atoms with Gasteiger partial charge in [-0.05, 0) is 31.2 Å². The van der Waals surface area contributed by atoms with Crippen LogP contribution in [0.25, 0.3) is 16.5 Å². The van der Waals surface area contributed by atoms with E-state index in [-0.39, 0.29) is 46.1 Å². The first-order valence-corrected chi connectivity index (χ1v) is 9.90. The van der Waals surface area contributed by atoms with Crippen LogP contribution >= 0.6 is 11.3 Å². The Bertz CT molecular complexity index is 1190. The molecule has 0 spiro atoms. The van der Waals surface area contributed by atoms with Gasteiger partial charge in [-0.3, -0.25) is 9.59 Å². The number of nitrogens with zero attached hydrogens (tertiary/aromatic N) is 2. The highest BCUT2D eigenvalue weighted by atomic mass is 32.1. The number of benzene rings is 1. The van der Waals surface area contributed by atoms with E-state index in [1.165, 1.54) is 17.5 Å². The zero-order valence-electron chi connectivity index (χ0n) is 16.3. The third-order valence-corrected chi connectivity index (χ3v) is 4.91. The first-order valence-electron chi connectivity index (χ1n) is 9.02. The fourth-order valence-corrected chi connectivity index (χ4v) is 3.62. The number of carbonyl (C=O) groups excluding carboxylic acids is 2. The molecule has 2 heterocycles. The molecule has 0 atom stereocenters. The molecule has 0 saturated heterocycles. The van der Waals surface area contributed by atoms with E-state index in [0.29, 0.717) is 0 Å². The van der Waals surface area contributed by atoms with Gasteiger partial charge in [0.2, 0.25) is 5.91 Å². The lowest BCUT2D eigenvalue weighted by Gasteiger charge is -2.11. The van der Waals surface area contributed by atoms with E-state index in [9.17, 15) is 27.6 Å². The standard InChI is InChI=1S/C19H16F3N3O5S/c1-3-13(26)23-16-14-12(9-31-16)15(18(28)29-4-2)24-25(17(14)27)10-5-7-11(8-6-10)30-19(20,21)22/h5-9H,3-4H2,1-2H3,(H,23,26). The molecule has 3 aromatic rings. The summed E-state index contributed by atoms with van der Waals surface area (Å²) < 4.78 is 46.8. The monoisotopic (exact) mass is 455 g/mol. The maximum absolute atomic E-state index is 13.1. The van der Waals surface area contributed by atoms with Gasteiger partial charge >= 0.3 is 12.3 Å². The Labute approximate surface area is 177 Å². The van der Waals surface area contributed by atoms with E-state index in [0.717, 1.165) is 28.2 Å². The summed E-state index contributed by atoms with van der Waals surface area (Å²) >= 11 is 1.04. The Balaban J connectivity index is 2.17. The first-order chi connectivity index (χ1) is 14.6. The van der Waals surface area contributed by atoms with E-state index in [1.54, 1.807) is 13.8 Å². The molecule has 2 aromatic heterocycles. The molecule has 1 aromatic carbocycles. The third kappa shape index (κ3) is 4.85. The second-order valence-corrected chi connectivity index (χ2v) is 6.96. The predicted octanol–water partition coefficient (Wildman–Crippen LogP) is 3.87. The topological polar surface area (TPSA) is 99.5 Å². The molecule has 0 aliphatic rings. The Kier molecular flexibility index (Phi) is 6.29. The summed E-state index contributed by atoms with van der Waals surface area (Å²) in [6, 6.07) is 4.40. The van der Waals surface area contributed by atoms with Crippen molar-refractivity contribution >= 4 is 39.0 Å². The Morgan fingerprint density at radius 1 is 1.19 bits per heavy atom. The second-order valence-electron chi connectivity index (χ2n) is 6.08. The van der Waals surface area contributed by atoms with Gasteiger partial charge in [0.15, 0.2) is 5.69 Å². The van der Waals surface area contributed by atoms with Gasteiger partial charge in [-0.25, -0.2) is 4.79 Å². The molecule has 0 saturated carbocycles. The summed E-state index contributed by atoms with van der Waals surface area (Å²) in [5.41, 5.74) is -0.744. The highest BCUT2D eigenvalue weighted by Crippen LogP contribution is 2.31. The van der Waals surface area contributed by atoms with Crippen LogP contribution in [-0.2, 0) is 9.53 Å². The molecule has 0 radical (unpaired) electrons. The van der Waals surface area contributed by atoms with Crippen LogP contribution in [0.4, 0.5) is 18.2 Å². The number of hydrogen-bond acceptors (Lipinski definition) is 7. The van der Waals surface area contributed by atoms with Crippen LogP contribution in [-0.4, -0.2) is 34.6 Å². The molecule has 164 valence electrons. The van der Waals surface area contributed by atoms with Gasteiger partial charge in [-0.2, -0.15) is 9.78 Å². The predicted molar refractivity (Wildman–Crippen MR) is 107 cm³/mol. The van der Waals surface area contributed by atoms with Crippen LogP contribution in [0.2, 0.25) is 0 Å². The van der Waals surface area contributed by atoms with Crippen LogP contribution in [0, 0.1) is 0 Å². The van der Waals surface area contributed by atoms with Crippen molar-refractivity contribution in [3.63, 3.8) is 0 Å². The van der Waals surface area contributed by atoms with Crippen LogP contribution in [0.15, 0.2) is 34.4 Å². The number of hydrogen-bond donors (Lipinski definition) is 1. The molecule has 0 aliphatic carbocycles. The zero-order chi connectivity index (χ0) is 22.8. The number of alkyl halides is 3. The van der Waals surface area contributed by atoms with Gasteiger partial charge in [0.05, 0.1) is 17.7 Å². The number of ether oxygens (including phenoxy) is 2. The number of halogens is 3. The number of thiophene rings is 1. The van der Waals surface area contributed by atoms with E-state index in [4.69, 9.17) is 4.74 Å². The Morgan fingerprint density at radius 2 is 1.87 bits per heavy atom. The van der Waals surface area contributed by atoms with E-state index in [1.807, 2.05) is 0 Å². The summed E-state index contributed by atoms with van der Waals surface area (Å²) in [5, 5.41) is 8.65. The smallest absolute Gasteiger partial charge is 0.461 e. The van der Waals surface area contributed by atoms with E-state index < -0.39 is 23.6 Å². The average molecular weight is 455 g/mol. The van der Waals surface area contributed by atoms with Crippen molar-refractivity contribution in [2.75, 3.05) is 11.9 Å². The fourth-order valence-electron chi connectivity index (χ4n) is 2.67. The van der Waals surface area contributed by atoms with Gasteiger partial charge in [0, 0.05) is 17.2 Å². The number of nitrogens with one attached hydrogen (secondary N) is 1. The summed E-state index contributed by atoms with van der Waals surface area (Å²) in [6.07, 6.45) is -4.69. The number of anilines is 1. The molecular weight excluding hydrogens is 439 g/mol. The molecule has 1 amide bonds. The highest BCUT2D eigenvalue weighted by Gasteiger charge is 2.31. The molecule has 0 bridgehead atoms. The van der Waals surface area contributed by atoms with Crippen molar-refractivity contribution < 1.29 is 32.2 Å².